The third-order valence-corrected chi connectivity index (χ3v) is 10.6. The first-order valence-corrected chi connectivity index (χ1v) is 24.4. The summed E-state index contributed by atoms with van der Waals surface area (Å²) in [6.45, 7) is 6.28. The molecule has 3 atom stereocenters. The lowest BCUT2D eigenvalue weighted by Gasteiger charge is -2.23. The standard InChI is InChI=1S/C53H91NO5/c1-4-7-10-13-16-19-22-24-26-28-31-34-37-40-43-46-53(58)59-49(44-41-38-35-32-29-21-18-15-12-9-6-3)47-52(57)54-50(48-55)51(56)45-42-39-36-33-30-27-25-23-20-17-14-11-8-5-2/h7,10,13,16,19,22,24,26,28,31-32,35,41,44,49-51,55-56H,4-6,8-9,11-12,14-15,17-18,20-21,23,25,27,29-30,33-34,36-40,42-43,45-48H2,1-3H3,(H,54,57)/b10-7+,16-13+,22-19-,26-24-,31-28+,35-32-,44-41+. The average molecular weight is 822 g/mol. The fourth-order valence-corrected chi connectivity index (χ4v) is 6.89. The van der Waals surface area contributed by atoms with Crippen LogP contribution in [0.2, 0.25) is 0 Å². The number of esters is 1. The van der Waals surface area contributed by atoms with Gasteiger partial charge in [0.1, 0.15) is 6.10 Å². The largest absolute Gasteiger partial charge is 0.458 e. The second-order valence-corrected chi connectivity index (χ2v) is 16.3. The minimum atomic E-state index is -0.822. The minimum absolute atomic E-state index is 0.0501. The fraction of sp³-hybridized carbons (Fsp3) is 0.698. The van der Waals surface area contributed by atoms with Crippen molar-refractivity contribution < 1.29 is 24.5 Å². The number of aliphatic hydroxyl groups excluding tert-OH is 2. The molecule has 338 valence electrons. The van der Waals surface area contributed by atoms with Gasteiger partial charge in [-0.2, -0.15) is 0 Å². The molecule has 1 amide bonds. The Kier molecular flexibility index (Phi) is 43.8. The van der Waals surface area contributed by atoms with Gasteiger partial charge in [-0.1, -0.05) is 228 Å². The highest BCUT2D eigenvalue weighted by atomic mass is 16.5. The molecule has 0 saturated heterocycles. The van der Waals surface area contributed by atoms with Gasteiger partial charge in [0, 0.05) is 6.42 Å². The Morgan fingerprint density at radius 2 is 1.02 bits per heavy atom. The first kappa shape index (κ1) is 56.0. The first-order valence-electron chi connectivity index (χ1n) is 24.4. The summed E-state index contributed by atoms with van der Waals surface area (Å²) in [7, 11) is 0. The summed E-state index contributed by atoms with van der Waals surface area (Å²) in [5, 5.41) is 23.6. The lowest BCUT2D eigenvalue weighted by Crippen LogP contribution is -2.46. The van der Waals surface area contributed by atoms with Crippen LogP contribution < -0.4 is 5.32 Å². The van der Waals surface area contributed by atoms with Crippen LogP contribution in [0.4, 0.5) is 0 Å². The number of ether oxygens (including phenoxy) is 1. The molecule has 0 saturated carbocycles. The molecular weight excluding hydrogens is 731 g/mol. The van der Waals surface area contributed by atoms with E-state index in [-0.39, 0.29) is 24.9 Å². The topological polar surface area (TPSA) is 95.9 Å². The van der Waals surface area contributed by atoms with Gasteiger partial charge in [0.05, 0.1) is 25.2 Å². The highest BCUT2D eigenvalue weighted by Crippen LogP contribution is 2.15. The number of carbonyl (C=O) groups is 2. The second kappa shape index (κ2) is 46.1. The van der Waals surface area contributed by atoms with Crippen molar-refractivity contribution in [2.75, 3.05) is 6.61 Å². The van der Waals surface area contributed by atoms with Gasteiger partial charge in [0.15, 0.2) is 0 Å². The maximum atomic E-state index is 13.1. The van der Waals surface area contributed by atoms with E-state index in [1.54, 1.807) is 6.08 Å². The van der Waals surface area contributed by atoms with Gasteiger partial charge in [0.2, 0.25) is 5.91 Å². The van der Waals surface area contributed by atoms with E-state index in [0.717, 1.165) is 57.8 Å². The Morgan fingerprint density at radius 1 is 0.542 bits per heavy atom. The fourth-order valence-electron chi connectivity index (χ4n) is 6.89. The van der Waals surface area contributed by atoms with E-state index in [4.69, 9.17) is 4.74 Å². The van der Waals surface area contributed by atoms with Crippen molar-refractivity contribution in [1.29, 1.82) is 0 Å². The Bertz CT molecular complexity index is 1150. The molecule has 0 aromatic rings. The Labute approximate surface area is 363 Å². The van der Waals surface area contributed by atoms with Gasteiger partial charge < -0.3 is 20.3 Å². The zero-order valence-corrected chi connectivity index (χ0v) is 38.4. The third-order valence-electron chi connectivity index (χ3n) is 10.6. The number of rotatable bonds is 42. The molecule has 6 nitrogen and oxygen atoms in total. The normalized spacial score (nSPS) is 14.1. The second-order valence-electron chi connectivity index (χ2n) is 16.3. The van der Waals surface area contributed by atoms with Crippen molar-refractivity contribution in [3.8, 4) is 0 Å². The molecule has 0 spiro atoms. The number of allylic oxidation sites excluding steroid dienone is 13. The quantitative estimate of drug-likeness (QED) is 0.0247. The van der Waals surface area contributed by atoms with Crippen molar-refractivity contribution >= 4 is 11.9 Å². The molecule has 6 heteroatoms. The molecule has 0 aromatic heterocycles. The average Bonchev–Trinajstić information content (AvgIpc) is 3.23. The zero-order chi connectivity index (χ0) is 43.1. The number of carbonyl (C=O) groups excluding carboxylic acids is 2. The van der Waals surface area contributed by atoms with Gasteiger partial charge in [-0.15, -0.1) is 0 Å². The molecule has 0 aliphatic rings. The number of nitrogens with one attached hydrogen (secondary N) is 1. The lowest BCUT2D eigenvalue weighted by atomic mass is 10.0. The molecule has 3 unspecified atom stereocenters. The summed E-state index contributed by atoms with van der Waals surface area (Å²) in [4.78, 5) is 26.0. The summed E-state index contributed by atoms with van der Waals surface area (Å²) in [5.74, 6) is -0.658. The maximum Gasteiger partial charge on any atom is 0.306 e. The van der Waals surface area contributed by atoms with Crippen LogP contribution >= 0.6 is 0 Å². The number of unbranched alkanes of at least 4 members (excludes halogenated alkanes) is 22. The molecule has 3 N–H and O–H groups in total. The van der Waals surface area contributed by atoms with Crippen LogP contribution in [0.25, 0.3) is 0 Å². The van der Waals surface area contributed by atoms with Crippen LogP contribution in [0.1, 0.15) is 213 Å². The summed E-state index contributed by atoms with van der Waals surface area (Å²) in [6.07, 6.45) is 59.5. The van der Waals surface area contributed by atoms with E-state index >= 15 is 0 Å². The monoisotopic (exact) mass is 822 g/mol. The van der Waals surface area contributed by atoms with E-state index in [1.807, 2.05) is 54.7 Å². The predicted molar refractivity (Wildman–Crippen MR) is 254 cm³/mol. The van der Waals surface area contributed by atoms with E-state index in [2.05, 4.69) is 50.4 Å². The van der Waals surface area contributed by atoms with Crippen molar-refractivity contribution in [3.05, 3.63) is 85.1 Å². The number of hydrogen-bond donors (Lipinski definition) is 3. The van der Waals surface area contributed by atoms with E-state index in [1.165, 1.54) is 109 Å². The maximum absolute atomic E-state index is 13.1. The van der Waals surface area contributed by atoms with E-state index < -0.39 is 18.2 Å². The van der Waals surface area contributed by atoms with Gasteiger partial charge in [-0.25, -0.2) is 0 Å². The van der Waals surface area contributed by atoms with Gasteiger partial charge >= 0.3 is 5.97 Å². The van der Waals surface area contributed by atoms with Crippen LogP contribution in [0.5, 0.6) is 0 Å². The van der Waals surface area contributed by atoms with Gasteiger partial charge in [-0.05, 0) is 57.4 Å². The SMILES string of the molecule is CC/C=C/C=C/C=C\C=C/C=C/CCCCCC(=O)OC(/C=C/C/C=C\CCCCCCCC)CC(=O)NC(CO)C(O)CCCCCCCCCCCCCCCC. The molecule has 0 fully saturated rings. The summed E-state index contributed by atoms with van der Waals surface area (Å²) < 4.78 is 5.79. The highest BCUT2D eigenvalue weighted by Gasteiger charge is 2.23. The molecular formula is C53H91NO5. The van der Waals surface area contributed by atoms with Crippen molar-refractivity contribution in [3.63, 3.8) is 0 Å². The predicted octanol–water partition coefficient (Wildman–Crippen LogP) is 14.4. The highest BCUT2D eigenvalue weighted by molar-refractivity contribution is 5.78. The number of amides is 1. The summed E-state index contributed by atoms with van der Waals surface area (Å²) >= 11 is 0. The smallest absolute Gasteiger partial charge is 0.306 e. The van der Waals surface area contributed by atoms with E-state index in [0.29, 0.717) is 19.3 Å². The van der Waals surface area contributed by atoms with Crippen LogP contribution in [0, 0.1) is 0 Å². The van der Waals surface area contributed by atoms with Crippen molar-refractivity contribution in [2.45, 2.75) is 232 Å². The molecule has 0 aliphatic heterocycles. The summed E-state index contributed by atoms with van der Waals surface area (Å²) in [5.41, 5.74) is 0. The molecule has 59 heavy (non-hydrogen) atoms. The minimum Gasteiger partial charge on any atom is -0.458 e. The summed E-state index contributed by atoms with van der Waals surface area (Å²) in [6, 6.07) is -0.745. The lowest BCUT2D eigenvalue weighted by molar-refractivity contribution is -0.148. The van der Waals surface area contributed by atoms with Crippen LogP contribution in [-0.2, 0) is 14.3 Å². The van der Waals surface area contributed by atoms with Crippen molar-refractivity contribution in [2.24, 2.45) is 0 Å². The van der Waals surface area contributed by atoms with Crippen LogP contribution in [0.3, 0.4) is 0 Å². The Hall–Kier alpha value is -2.96. The molecule has 0 rings (SSSR count). The number of aliphatic hydroxyl groups is 2. The molecule has 0 bridgehead atoms. The molecule has 0 heterocycles. The Balaban J connectivity index is 4.71. The Morgan fingerprint density at radius 3 is 1.56 bits per heavy atom. The molecule has 0 aliphatic carbocycles. The van der Waals surface area contributed by atoms with Crippen LogP contribution in [0.15, 0.2) is 85.1 Å². The van der Waals surface area contributed by atoms with E-state index in [9.17, 15) is 19.8 Å². The van der Waals surface area contributed by atoms with Gasteiger partial charge in [0.25, 0.3) is 0 Å². The first-order chi connectivity index (χ1) is 29.0. The third kappa shape index (κ3) is 41.6. The van der Waals surface area contributed by atoms with Gasteiger partial charge in [-0.3, -0.25) is 9.59 Å². The molecule has 0 radical (unpaired) electrons. The number of hydrogen-bond acceptors (Lipinski definition) is 5. The molecule has 0 aromatic carbocycles. The van der Waals surface area contributed by atoms with Crippen LogP contribution in [-0.4, -0.2) is 46.9 Å². The van der Waals surface area contributed by atoms with Crippen molar-refractivity contribution in [1.82, 2.24) is 5.32 Å². The zero-order valence-electron chi connectivity index (χ0n) is 38.4.